The van der Waals surface area contributed by atoms with Crippen molar-refractivity contribution in [3.63, 3.8) is 0 Å². The largest absolute Gasteiger partial charge is 0.389 e. The van der Waals surface area contributed by atoms with E-state index in [-0.39, 0.29) is 12.8 Å². The molecule has 5 nitrogen and oxygen atoms in total. The summed E-state index contributed by atoms with van der Waals surface area (Å²) < 4.78 is 25.7. The van der Waals surface area contributed by atoms with E-state index in [9.17, 15) is 24.0 Å². The molecule has 7 heteroatoms. The van der Waals surface area contributed by atoms with Gasteiger partial charge in [0.05, 0.1) is 6.35 Å². The highest BCUT2D eigenvalue weighted by atomic mass is 31.2. The summed E-state index contributed by atoms with van der Waals surface area (Å²) in [5.41, 5.74) is 7.30. The smallest absolute Gasteiger partial charge is 0.339 e. The van der Waals surface area contributed by atoms with Crippen molar-refractivity contribution >= 4 is 15.4 Å². The monoisotopic (exact) mass is 582 g/mol. The molecule has 0 radical (unpaired) electrons. The predicted molar refractivity (Wildman–Crippen MR) is 171 cm³/mol. The second kappa shape index (κ2) is 19.8. The van der Waals surface area contributed by atoms with Crippen LogP contribution < -0.4 is 0 Å². The Balaban J connectivity index is 5.41. The molecule has 224 valence electrons. The summed E-state index contributed by atoms with van der Waals surface area (Å²) in [5.74, 6) is 0. The molecule has 0 bridgehead atoms. The first kappa shape index (κ1) is 37.8. The SMILES string of the molecule is CC(C)=CCCC(C)=CCCC(C)=CCC(CC=C(C)CCC=C(C)CCC=C(C)C)([PH](=O)CO)P(=O)(O)O. The van der Waals surface area contributed by atoms with Crippen LogP contribution >= 0.6 is 15.4 Å². The summed E-state index contributed by atoms with van der Waals surface area (Å²) in [6.45, 7) is 16.5. The Morgan fingerprint density at radius 3 is 1.21 bits per heavy atom. The molecular formula is C32H56O5P2. The molecule has 3 N–H and O–H groups in total. The molecule has 1 unspecified atom stereocenters. The van der Waals surface area contributed by atoms with E-state index in [4.69, 9.17) is 0 Å². The van der Waals surface area contributed by atoms with Crippen molar-refractivity contribution in [2.45, 2.75) is 124 Å². The fourth-order valence-electron chi connectivity index (χ4n) is 4.22. The predicted octanol–water partition coefficient (Wildman–Crippen LogP) is 9.99. The number of hydrogen-bond donors (Lipinski definition) is 3. The van der Waals surface area contributed by atoms with Crippen molar-refractivity contribution in [1.82, 2.24) is 0 Å². The number of rotatable bonds is 19. The molecule has 39 heavy (non-hydrogen) atoms. The Bertz CT molecular complexity index is 938. The molecule has 0 aliphatic rings. The molecule has 0 saturated heterocycles. The van der Waals surface area contributed by atoms with Crippen molar-refractivity contribution in [3.05, 3.63) is 69.9 Å². The Morgan fingerprint density at radius 2 is 0.923 bits per heavy atom. The molecule has 0 spiro atoms. The van der Waals surface area contributed by atoms with E-state index in [0.29, 0.717) is 0 Å². The topological polar surface area (TPSA) is 94.8 Å². The molecule has 0 aromatic rings. The first-order valence-electron chi connectivity index (χ1n) is 14.2. The number of hydrogen-bond acceptors (Lipinski definition) is 3. The summed E-state index contributed by atoms with van der Waals surface area (Å²) in [5, 5.41) is 9.70. The lowest BCUT2D eigenvalue weighted by Crippen LogP contribution is -2.24. The number of allylic oxidation sites excluding steroid dienone is 12. The second-order valence-electron chi connectivity index (χ2n) is 11.5. The van der Waals surface area contributed by atoms with Crippen LogP contribution in [0.4, 0.5) is 0 Å². The second-order valence-corrected chi connectivity index (χ2v) is 16.0. The van der Waals surface area contributed by atoms with E-state index in [1.807, 2.05) is 26.0 Å². The highest BCUT2D eigenvalue weighted by Crippen LogP contribution is 2.66. The zero-order valence-electron chi connectivity index (χ0n) is 25.8. The van der Waals surface area contributed by atoms with Crippen LogP contribution in [-0.2, 0) is 9.13 Å². The maximum Gasteiger partial charge on any atom is 0.339 e. The van der Waals surface area contributed by atoms with Gasteiger partial charge in [-0.3, -0.25) is 4.57 Å². The van der Waals surface area contributed by atoms with Crippen LogP contribution in [0.3, 0.4) is 0 Å². The summed E-state index contributed by atoms with van der Waals surface area (Å²) in [6.07, 6.45) is 19.1. The Labute approximate surface area is 239 Å². The van der Waals surface area contributed by atoms with E-state index >= 15 is 0 Å². The Kier molecular flexibility index (Phi) is 19.2. The summed E-state index contributed by atoms with van der Waals surface area (Å²) in [4.78, 5) is 18.9. The average Bonchev–Trinajstić information content (AvgIpc) is 2.82. The van der Waals surface area contributed by atoms with Crippen molar-refractivity contribution in [3.8, 4) is 0 Å². The van der Waals surface area contributed by atoms with Gasteiger partial charge >= 0.3 is 7.60 Å². The van der Waals surface area contributed by atoms with Crippen molar-refractivity contribution in [1.29, 1.82) is 0 Å². The third-order valence-corrected chi connectivity index (χ3v) is 11.9. The zero-order chi connectivity index (χ0) is 30.1. The fraction of sp³-hybridized carbons (Fsp3) is 0.625. The molecule has 0 rings (SSSR count). The maximum absolute atomic E-state index is 13.0. The minimum absolute atomic E-state index is 0.0160. The van der Waals surface area contributed by atoms with Crippen molar-refractivity contribution in [2.24, 2.45) is 0 Å². The summed E-state index contributed by atoms with van der Waals surface area (Å²) >= 11 is 0. The highest BCUT2D eigenvalue weighted by molar-refractivity contribution is 7.69. The lowest BCUT2D eigenvalue weighted by atomic mass is 10.0. The van der Waals surface area contributed by atoms with Gasteiger partial charge in [0.15, 0.2) is 0 Å². The minimum atomic E-state index is -4.77. The van der Waals surface area contributed by atoms with Gasteiger partial charge in [0.25, 0.3) is 0 Å². The summed E-state index contributed by atoms with van der Waals surface area (Å²) in [7, 11) is -7.73. The molecule has 0 aliphatic carbocycles. The molecule has 0 aliphatic heterocycles. The molecule has 0 aromatic carbocycles. The fourth-order valence-corrected chi connectivity index (χ4v) is 7.35. The van der Waals surface area contributed by atoms with Gasteiger partial charge in [0.1, 0.15) is 12.7 Å². The van der Waals surface area contributed by atoms with Crippen molar-refractivity contribution < 1.29 is 24.0 Å². The average molecular weight is 583 g/mol. The van der Waals surface area contributed by atoms with E-state index < -0.39 is 26.6 Å². The standard InChI is InChI=1S/C32H56O5P2/c1-26(2)13-9-15-28(5)17-11-19-30(7)21-23-32(38(34)25-33,39(35,36)37)24-22-31(8)20-12-18-29(6)16-10-14-27(3)4/h13-14,17-18,21-22,33,38H,9-12,15-16,19-20,23-25H2,1-8H3,(H2,35,36,37). The molecule has 1 atom stereocenters. The minimum Gasteiger partial charge on any atom is -0.389 e. The van der Waals surface area contributed by atoms with E-state index in [1.54, 1.807) is 0 Å². The molecular weight excluding hydrogens is 526 g/mol. The van der Waals surface area contributed by atoms with Crippen LogP contribution in [0, 0.1) is 0 Å². The van der Waals surface area contributed by atoms with Gasteiger partial charge in [-0.15, -0.1) is 0 Å². The van der Waals surface area contributed by atoms with Crippen LogP contribution in [-0.4, -0.2) is 26.1 Å². The van der Waals surface area contributed by atoms with E-state index in [0.717, 1.165) is 62.5 Å². The molecule has 0 aromatic heterocycles. The Morgan fingerprint density at radius 1 is 0.615 bits per heavy atom. The molecule has 0 saturated carbocycles. The zero-order valence-corrected chi connectivity index (χ0v) is 27.7. The third kappa shape index (κ3) is 16.6. The normalized spacial score (nSPS) is 16.1. The quantitative estimate of drug-likeness (QED) is 0.104. The van der Waals surface area contributed by atoms with Crippen LogP contribution in [0.1, 0.15) is 120 Å². The van der Waals surface area contributed by atoms with Crippen molar-refractivity contribution in [2.75, 3.05) is 6.35 Å². The summed E-state index contributed by atoms with van der Waals surface area (Å²) in [6, 6.07) is 0. The van der Waals surface area contributed by atoms with Crippen LogP contribution in [0.2, 0.25) is 0 Å². The number of aliphatic hydroxyl groups is 1. The van der Waals surface area contributed by atoms with Gasteiger partial charge in [-0.25, -0.2) is 0 Å². The lowest BCUT2D eigenvalue weighted by molar-refractivity contribution is 0.334. The van der Waals surface area contributed by atoms with Crippen LogP contribution in [0.15, 0.2) is 69.9 Å². The first-order valence-corrected chi connectivity index (χ1v) is 17.5. The molecule has 0 fully saturated rings. The highest BCUT2D eigenvalue weighted by Gasteiger charge is 2.49. The maximum atomic E-state index is 13.0. The van der Waals surface area contributed by atoms with Gasteiger partial charge in [-0.2, -0.15) is 0 Å². The van der Waals surface area contributed by atoms with Gasteiger partial charge in [0, 0.05) is 0 Å². The van der Waals surface area contributed by atoms with Gasteiger partial charge in [0.2, 0.25) is 0 Å². The first-order chi connectivity index (χ1) is 18.1. The molecule has 0 amide bonds. The number of aliphatic hydroxyl groups excluding tert-OH is 1. The third-order valence-electron chi connectivity index (χ3n) is 7.04. The molecule has 0 heterocycles. The van der Waals surface area contributed by atoms with Gasteiger partial charge in [-0.1, -0.05) is 69.9 Å². The lowest BCUT2D eigenvalue weighted by Gasteiger charge is -2.32. The Hall–Kier alpha value is -1.22. The van der Waals surface area contributed by atoms with E-state index in [1.165, 1.54) is 22.3 Å². The van der Waals surface area contributed by atoms with Gasteiger partial charge < -0.3 is 19.5 Å². The van der Waals surface area contributed by atoms with Crippen LogP contribution in [0.25, 0.3) is 0 Å². The van der Waals surface area contributed by atoms with E-state index in [2.05, 4.69) is 65.8 Å². The van der Waals surface area contributed by atoms with Gasteiger partial charge in [-0.05, 0) is 120 Å². The van der Waals surface area contributed by atoms with Crippen LogP contribution in [0.5, 0.6) is 0 Å².